The third kappa shape index (κ3) is 4.14. The third-order valence-corrected chi connectivity index (χ3v) is 6.50. The quantitative estimate of drug-likeness (QED) is 0.320. The van der Waals surface area contributed by atoms with Crippen LogP contribution in [0.2, 0.25) is 0 Å². The lowest BCUT2D eigenvalue weighted by Crippen LogP contribution is -2.36. The lowest BCUT2D eigenvalue weighted by Gasteiger charge is -2.30. The highest BCUT2D eigenvalue weighted by atomic mass is 16.5. The van der Waals surface area contributed by atoms with Gasteiger partial charge in [0.25, 0.3) is 5.56 Å². The summed E-state index contributed by atoms with van der Waals surface area (Å²) in [4.78, 5) is 35.5. The number of nitrogens with zero attached hydrogens (tertiary/aromatic N) is 6. The number of aryl methyl sites for hydroxylation is 1. The monoisotopic (exact) mass is 501 g/mol. The van der Waals surface area contributed by atoms with Crippen LogP contribution in [0.4, 0.5) is 11.4 Å². The molecule has 4 aromatic heterocycles. The summed E-state index contributed by atoms with van der Waals surface area (Å²) in [5, 5.41) is 8.03. The van der Waals surface area contributed by atoms with Gasteiger partial charge in [-0.3, -0.25) is 9.48 Å². The van der Waals surface area contributed by atoms with Crippen molar-refractivity contribution in [1.82, 2.24) is 34.7 Å². The van der Waals surface area contributed by atoms with E-state index in [2.05, 4.69) is 35.3 Å². The summed E-state index contributed by atoms with van der Waals surface area (Å²) in [6, 6.07) is 5.38. The first-order chi connectivity index (χ1) is 18.0. The van der Waals surface area contributed by atoms with Crippen molar-refractivity contribution in [3.8, 4) is 17.1 Å². The molecule has 0 saturated carbocycles. The smallest absolute Gasteiger partial charge is 0.261 e. The fraction of sp³-hybridized carbons (Fsp3) is 0.320. The van der Waals surface area contributed by atoms with Gasteiger partial charge in [-0.15, -0.1) is 0 Å². The molecule has 37 heavy (non-hydrogen) atoms. The average molecular weight is 502 g/mol. The molecule has 1 unspecified atom stereocenters. The van der Waals surface area contributed by atoms with Crippen molar-refractivity contribution in [3.63, 3.8) is 0 Å². The molecule has 5 heterocycles. The predicted molar refractivity (Wildman–Crippen MR) is 140 cm³/mol. The van der Waals surface area contributed by atoms with E-state index in [1.807, 2.05) is 26.1 Å². The van der Waals surface area contributed by atoms with Crippen LogP contribution in [0.15, 0.2) is 41.6 Å². The van der Waals surface area contributed by atoms with Crippen molar-refractivity contribution in [2.45, 2.75) is 13.0 Å². The lowest BCUT2D eigenvalue weighted by atomic mass is 10.1. The number of nitrogens with one attached hydrogen (secondary N) is 3. The van der Waals surface area contributed by atoms with Crippen LogP contribution in [0.25, 0.3) is 33.5 Å². The number of aromatic nitrogens is 7. The Labute approximate surface area is 211 Å². The molecule has 1 aliphatic heterocycles. The zero-order chi connectivity index (χ0) is 25.5. The topological polar surface area (TPSA) is 139 Å². The van der Waals surface area contributed by atoms with Crippen molar-refractivity contribution >= 4 is 33.4 Å². The largest absolute Gasteiger partial charge is 0.495 e. The minimum absolute atomic E-state index is 0.288. The number of rotatable bonds is 6. The number of aromatic amines is 2. The van der Waals surface area contributed by atoms with Gasteiger partial charge in [0.15, 0.2) is 0 Å². The van der Waals surface area contributed by atoms with Gasteiger partial charge in [-0.25, -0.2) is 15.0 Å². The number of imidazole rings is 1. The van der Waals surface area contributed by atoms with Crippen LogP contribution in [0.3, 0.4) is 0 Å². The molecular weight excluding hydrogens is 474 g/mol. The second-order valence-electron chi connectivity index (χ2n) is 8.97. The molecule has 0 aliphatic carbocycles. The fourth-order valence-electron chi connectivity index (χ4n) is 4.72. The van der Waals surface area contributed by atoms with E-state index >= 15 is 0 Å². The molecule has 12 nitrogen and oxygen atoms in total. The maximum Gasteiger partial charge on any atom is 0.261 e. The summed E-state index contributed by atoms with van der Waals surface area (Å²) in [5.74, 6) is 1.74. The summed E-state index contributed by atoms with van der Waals surface area (Å²) < 4.78 is 12.9. The van der Waals surface area contributed by atoms with E-state index in [0.717, 1.165) is 30.0 Å². The van der Waals surface area contributed by atoms with E-state index in [0.29, 0.717) is 52.7 Å². The van der Waals surface area contributed by atoms with E-state index in [9.17, 15) is 4.79 Å². The molecule has 1 atom stereocenters. The number of pyridine rings is 1. The standard InChI is InChI=1S/C25H27N9O3/c1-14(23-26-5-4-6-27-23)28-22-20(25(35)31-17-13-33(2)32-21(17)22)24-29-15-11-18(34-7-9-37-10-8-34)19(36-3)12-16(15)30-24/h4-6,11-14,28H,7-10H2,1-3H3,(H,29,30)(H,31,35). The zero-order valence-electron chi connectivity index (χ0n) is 20.8. The van der Waals surface area contributed by atoms with Crippen molar-refractivity contribution in [3.05, 3.63) is 53.0 Å². The van der Waals surface area contributed by atoms with Gasteiger partial charge in [0.1, 0.15) is 28.5 Å². The highest BCUT2D eigenvalue weighted by molar-refractivity contribution is 5.97. The first-order valence-electron chi connectivity index (χ1n) is 12.1. The fourth-order valence-corrected chi connectivity index (χ4v) is 4.72. The van der Waals surface area contributed by atoms with Crippen LogP contribution in [-0.4, -0.2) is 68.1 Å². The van der Waals surface area contributed by atoms with Gasteiger partial charge in [0.2, 0.25) is 0 Å². The molecule has 5 aromatic rings. The Morgan fingerprint density at radius 3 is 2.68 bits per heavy atom. The number of fused-ring (bicyclic) bond motifs is 2. The van der Waals surface area contributed by atoms with E-state index in [1.54, 1.807) is 36.4 Å². The molecule has 0 amide bonds. The Hall–Kier alpha value is -4.45. The molecule has 12 heteroatoms. The lowest BCUT2D eigenvalue weighted by molar-refractivity contribution is 0.122. The Morgan fingerprint density at radius 2 is 1.92 bits per heavy atom. The van der Waals surface area contributed by atoms with Gasteiger partial charge in [0.05, 0.1) is 54.3 Å². The molecule has 0 radical (unpaired) electrons. The molecule has 6 rings (SSSR count). The summed E-state index contributed by atoms with van der Waals surface area (Å²) in [7, 11) is 3.46. The first kappa shape index (κ1) is 23.0. The van der Waals surface area contributed by atoms with E-state index in [-0.39, 0.29) is 11.6 Å². The second kappa shape index (κ2) is 9.21. The SMILES string of the molecule is COc1cc2nc(-c3c(NC(C)c4ncccn4)c4nn(C)cc4[nH]c3=O)[nH]c2cc1N1CCOCC1. The van der Waals surface area contributed by atoms with E-state index < -0.39 is 0 Å². The summed E-state index contributed by atoms with van der Waals surface area (Å²) >= 11 is 0. The molecule has 0 spiro atoms. The minimum atomic E-state index is -0.288. The number of ether oxygens (including phenoxy) is 2. The number of hydrogen-bond acceptors (Lipinski definition) is 9. The highest BCUT2D eigenvalue weighted by Gasteiger charge is 2.24. The van der Waals surface area contributed by atoms with E-state index in [1.165, 1.54) is 0 Å². The van der Waals surface area contributed by atoms with Gasteiger partial charge in [0, 0.05) is 44.8 Å². The van der Waals surface area contributed by atoms with Gasteiger partial charge in [-0.1, -0.05) is 0 Å². The van der Waals surface area contributed by atoms with Crippen LogP contribution in [-0.2, 0) is 11.8 Å². The molecule has 1 aromatic carbocycles. The summed E-state index contributed by atoms with van der Waals surface area (Å²) in [6.07, 6.45) is 5.15. The van der Waals surface area contributed by atoms with Crippen molar-refractivity contribution < 1.29 is 9.47 Å². The summed E-state index contributed by atoms with van der Waals surface area (Å²) in [5.41, 5.74) is 4.30. The normalized spacial score (nSPS) is 14.8. The van der Waals surface area contributed by atoms with E-state index in [4.69, 9.17) is 14.5 Å². The second-order valence-corrected chi connectivity index (χ2v) is 8.97. The Kier molecular flexibility index (Phi) is 5.72. The highest BCUT2D eigenvalue weighted by Crippen LogP contribution is 2.36. The van der Waals surface area contributed by atoms with Crippen molar-refractivity contribution in [2.24, 2.45) is 7.05 Å². The van der Waals surface area contributed by atoms with Gasteiger partial charge >= 0.3 is 0 Å². The number of anilines is 2. The molecule has 0 bridgehead atoms. The van der Waals surface area contributed by atoms with Gasteiger partial charge in [-0.2, -0.15) is 5.10 Å². The van der Waals surface area contributed by atoms with Crippen LogP contribution in [0, 0.1) is 0 Å². The Balaban J connectivity index is 1.50. The Bertz CT molecular complexity index is 1630. The molecule has 190 valence electrons. The number of benzene rings is 1. The maximum absolute atomic E-state index is 13.4. The van der Waals surface area contributed by atoms with Crippen LogP contribution in [0.5, 0.6) is 5.75 Å². The number of methoxy groups -OCH3 is 1. The van der Waals surface area contributed by atoms with Crippen LogP contribution < -0.4 is 20.5 Å². The molecule has 3 N–H and O–H groups in total. The minimum Gasteiger partial charge on any atom is -0.495 e. The zero-order valence-corrected chi connectivity index (χ0v) is 20.8. The first-order valence-corrected chi connectivity index (χ1v) is 12.1. The predicted octanol–water partition coefficient (Wildman–Crippen LogP) is 2.61. The van der Waals surface area contributed by atoms with Crippen molar-refractivity contribution in [2.75, 3.05) is 43.6 Å². The van der Waals surface area contributed by atoms with Crippen LogP contribution in [0.1, 0.15) is 18.8 Å². The number of morpholine rings is 1. The number of H-pyrrole nitrogens is 2. The Morgan fingerprint density at radius 1 is 1.14 bits per heavy atom. The molecule has 1 saturated heterocycles. The maximum atomic E-state index is 13.4. The van der Waals surface area contributed by atoms with Crippen LogP contribution >= 0.6 is 0 Å². The van der Waals surface area contributed by atoms with Gasteiger partial charge < -0.3 is 29.7 Å². The number of hydrogen-bond donors (Lipinski definition) is 3. The van der Waals surface area contributed by atoms with Crippen molar-refractivity contribution in [1.29, 1.82) is 0 Å². The molecule has 1 fully saturated rings. The third-order valence-electron chi connectivity index (χ3n) is 6.50. The average Bonchev–Trinajstić information content (AvgIpc) is 3.50. The summed E-state index contributed by atoms with van der Waals surface area (Å²) in [6.45, 7) is 4.80. The van der Waals surface area contributed by atoms with Gasteiger partial charge in [-0.05, 0) is 19.1 Å². The molecule has 1 aliphatic rings. The molecular formula is C25H27N9O3.